The lowest BCUT2D eigenvalue weighted by Crippen LogP contribution is -2.14. The first-order valence-corrected chi connectivity index (χ1v) is 6.83. The maximum Gasteiger partial charge on any atom is 0.183 e. The first-order chi connectivity index (χ1) is 7.58. The highest BCUT2D eigenvalue weighted by molar-refractivity contribution is 8.13. The van der Waals surface area contributed by atoms with Gasteiger partial charge in [0.05, 0.1) is 21.6 Å². The number of amidine groups is 1. The summed E-state index contributed by atoms with van der Waals surface area (Å²) in [5, 5.41) is 12.8. The van der Waals surface area contributed by atoms with Gasteiger partial charge in [-0.1, -0.05) is 11.8 Å². The molecule has 16 heavy (non-hydrogen) atoms. The molecule has 0 amide bonds. The summed E-state index contributed by atoms with van der Waals surface area (Å²) in [6, 6.07) is 0.0366. The van der Waals surface area contributed by atoms with Crippen LogP contribution in [0.25, 0.3) is 0 Å². The average molecular weight is 254 g/mol. The molecule has 0 fully saturated rings. The zero-order valence-corrected chi connectivity index (χ0v) is 11.4. The molecule has 6 heteroatoms. The van der Waals surface area contributed by atoms with Crippen LogP contribution in [0.2, 0.25) is 0 Å². The van der Waals surface area contributed by atoms with Crippen molar-refractivity contribution in [1.82, 2.24) is 10.3 Å². The summed E-state index contributed by atoms with van der Waals surface area (Å²) in [5.41, 5.74) is 1.02. The largest absolute Gasteiger partial charge is 0.272 e. The highest BCUT2D eigenvalue weighted by Gasteiger charge is 2.12. The summed E-state index contributed by atoms with van der Waals surface area (Å²) in [6.07, 6.45) is 3.77. The van der Waals surface area contributed by atoms with E-state index < -0.39 is 0 Å². The minimum atomic E-state index is 0.0366. The molecular formula is C10H14N4S2. The number of nitrogens with zero attached hydrogens (tertiary/aromatic N) is 3. The van der Waals surface area contributed by atoms with Crippen molar-refractivity contribution >= 4 is 28.3 Å². The van der Waals surface area contributed by atoms with E-state index in [-0.39, 0.29) is 6.04 Å². The number of aromatic nitrogens is 1. The molecule has 1 heterocycles. The Bertz CT molecular complexity index is 431. The van der Waals surface area contributed by atoms with Crippen LogP contribution in [0.4, 0.5) is 0 Å². The Morgan fingerprint density at radius 2 is 2.31 bits per heavy atom. The van der Waals surface area contributed by atoms with Crippen LogP contribution in [0.15, 0.2) is 4.99 Å². The van der Waals surface area contributed by atoms with E-state index in [1.54, 1.807) is 11.3 Å². The van der Waals surface area contributed by atoms with Crippen LogP contribution in [-0.2, 0) is 0 Å². The SMILES string of the molecule is CSC(=NC(C)c1sc(C)nc1C)NC#N. The van der Waals surface area contributed by atoms with Gasteiger partial charge in [0, 0.05) is 0 Å². The molecule has 0 bridgehead atoms. The van der Waals surface area contributed by atoms with Crippen LogP contribution in [0.5, 0.6) is 0 Å². The van der Waals surface area contributed by atoms with E-state index in [4.69, 9.17) is 5.26 Å². The highest BCUT2D eigenvalue weighted by atomic mass is 32.2. The van der Waals surface area contributed by atoms with E-state index in [0.717, 1.165) is 15.6 Å². The molecule has 0 radical (unpaired) electrons. The molecule has 1 atom stereocenters. The molecule has 1 unspecified atom stereocenters. The van der Waals surface area contributed by atoms with Gasteiger partial charge in [-0.05, 0) is 27.0 Å². The number of thioether (sulfide) groups is 1. The van der Waals surface area contributed by atoms with Gasteiger partial charge in [-0.3, -0.25) is 10.3 Å². The van der Waals surface area contributed by atoms with E-state index in [1.165, 1.54) is 11.8 Å². The maximum absolute atomic E-state index is 8.54. The number of aryl methyl sites for hydroxylation is 2. The van der Waals surface area contributed by atoms with Crippen LogP contribution in [-0.4, -0.2) is 16.4 Å². The number of aliphatic imine (C=N–C) groups is 1. The lowest BCUT2D eigenvalue weighted by atomic mass is 10.2. The van der Waals surface area contributed by atoms with E-state index in [0.29, 0.717) is 5.17 Å². The predicted octanol–water partition coefficient (Wildman–Crippen LogP) is 2.61. The smallest absolute Gasteiger partial charge is 0.183 e. The Labute approximate surface area is 104 Å². The van der Waals surface area contributed by atoms with E-state index >= 15 is 0 Å². The zero-order valence-electron chi connectivity index (χ0n) is 9.74. The van der Waals surface area contributed by atoms with Gasteiger partial charge >= 0.3 is 0 Å². The number of hydrogen-bond acceptors (Lipinski definition) is 5. The van der Waals surface area contributed by atoms with Crippen molar-refractivity contribution in [3.05, 3.63) is 15.6 Å². The number of thiazole rings is 1. The molecule has 0 saturated carbocycles. The van der Waals surface area contributed by atoms with Gasteiger partial charge in [0.15, 0.2) is 11.4 Å². The maximum atomic E-state index is 8.54. The van der Waals surface area contributed by atoms with Gasteiger partial charge in [-0.25, -0.2) is 4.98 Å². The monoisotopic (exact) mass is 254 g/mol. The predicted molar refractivity (Wildman–Crippen MR) is 69.7 cm³/mol. The van der Waals surface area contributed by atoms with E-state index in [9.17, 15) is 0 Å². The fourth-order valence-electron chi connectivity index (χ4n) is 1.35. The fourth-order valence-corrected chi connectivity index (χ4v) is 2.68. The Morgan fingerprint density at radius 1 is 1.62 bits per heavy atom. The van der Waals surface area contributed by atoms with Crippen LogP contribution in [0.3, 0.4) is 0 Å². The van der Waals surface area contributed by atoms with Crippen molar-refractivity contribution in [3.8, 4) is 6.19 Å². The van der Waals surface area contributed by atoms with Crippen LogP contribution in [0, 0.1) is 25.3 Å². The number of hydrogen-bond donors (Lipinski definition) is 1. The second-order valence-electron chi connectivity index (χ2n) is 3.23. The molecule has 0 aromatic carbocycles. The number of rotatable bonds is 2. The third-order valence-corrected chi connectivity index (χ3v) is 3.82. The Balaban J connectivity index is 2.90. The minimum Gasteiger partial charge on any atom is -0.272 e. The average Bonchev–Trinajstić information content (AvgIpc) is 2.57. The minimum absolute atomic E-state index is 0.0366. The quantitative estimate of drug-likeness (QED) is 0.381. The highest BCUT2D eigenvalue weighted by Crippen LogP contribution is 2.27. The first-order valence-electron chi connectivity index (χ1n) is 4.79. The van der Waals surface area contributed by atoms with Crippen LogP contribution < -0.4 is 5.32 Å². The van der Waals surface area contributed by atoms with Gasteiger partial charge in [0.25, 0.3) is 0 Å². The van der Waals surface area contributed by atoms with Crippen molar-refractivity contribution < 1.29 is 0 Å². The summed E-state index contributed by atoms with van der Waals surface area (Å²) in [7, 11) is 0. The second-order valence-corrected chi connectivity index (χ2v) is 5.26. The molecule has 86 valence electrons. The number of nitrogens with one attached hydrogen (secondary N) is 1. The summed E-state index contributed by atoms with van der Waals surface area (Å²) in [4.78, 5) is 9.97. The third kappa shape index (κ3) is 3.22. The molecule has 0 aliphatic carbocycles. The van der Waals surface area contributed by atoms with Crippen molar-refractivity contribution in [2.75, 3.05) is 6.26 Å². The molecule has 1 aromatic rings. The Kier molecular flexibility index (Phi) is 4.77. The zero-order chi connectivity index (χ0) is 12.1. The lowest BCUT2D eigenvalue weighted by molar-refractivity contribution is 0.825. The fraction of sp³-hybridized carbons (Fsp3) is 0.500. The van der Waals surface area contributed by atoms with Crippen LogP contribution in [0.1, 0.15) is 28.5 Å². The van der Waals surface area contributed by atoms with Crippen LogP contribution >= 0.6 is 23.1 Å². The molecule has 0 aliphatic rings. The Hall–Kier alpha value is -1.06. The molecule has 0 aliphatic heterocycles. The van der Waals surface area contributed by atoms with Gasteiger partial charge in [0.1, 0.15) is 0 Å². The van der Waals surface area contributed by atoms with E-state index in [1.807, 2.05) is 33.2 Å². The van der Waals surface area contributed by atoms with Crippen molar-refractivity contribution in [2.45, 2.75) is 26.8 Å². The van der Waals surface area contributed by atoms with Gasteiger partial charge in [0.2, 0.25) is 0 Å². The summed E-state index contributed by atoms with van der Waals surface area (Å²) < 4.78 is 0. The van der Waals surface area contributed by atoms with Crippen molar-refractivity contribution in [3.63, 3.8) is 0 Å². The third-order valence-electron chi connectivity index (χ3n) is 1.99. The molecule has 0 saturated heterocycles. The molecule has 1 aromatic heterocycles. The standard InChI is InChI=1S/C10H14N4S2/c1-6-9(16-8(3)13-6)7(2)14-10(15-4)12-5-11/h7H,1-4H3,(H,12,14). The normalized spacial score (nSPS) is 13.3. The van der Waals surface area contributed by atoms with E-state index in [2.05, 4.69) is 15.3 Å². The molecule has 1 rings (SSSR count). The summed E-state index contributed by atoms with van der Waals surface area (Å²) in [5.74, 6) is 0. The van der Waals surface area contributed by atoms with Crippen molar-refractivity contribution in [2.24, 2.45) is 4.99 Å². The first kappa shape index (κ1) is 13.0. The molecule has 1 N–H and O–H groups in total. The molecule has 4 nitrogen and oxygen atoms in total. The summed E-state index contributed by atoms with van der Waals surface area (Å²) in [6.45, 7) is 5.98. The molecule has 0 spiro atoms. The van der Waals surface area contributed by atoms with Gasteiger partial charge in [-0.15, -0.1) is 11.3 Å². The van der Waals surface area contributed by atoms with Gasteiger partial charge < -0.3 is 0 Å². The summed E-state index contributed by atoms with van der Waals surface area (Å²) >= 11 is 3.09. The topological polar surface area (TPSA) is 61.1 Å². The Morgan fingerprint density at radius 3 is 2.75 bits per heavy atom. The number of nitriles is 1. The lowest BCUT2D eigenvalue weighted by Gasteiger charge is -2.06. The second kappa shape index (κ2) is 5.87. The molecular weight excluding hydrogens is 240 g/mol. The van der Waals surface area contributed by atoms with Crippen molar-refractivity contribution in [1.29, 1.82) is 5.26 Å². The van der Waals surface area contributed by atoms with Gasteiger partial charge in [-0.2, -0.15) is 5.26 Å².